The Bertz CT molecular complexity index is 720. The minimum atomic E-state index is 0.212. The van der Waals surface area contributed by atoms with E-state index in [9.17, 15) is 0 Å². The number of fused-ring (bicyclic) bond motifs is 1. The third-order valence-electron chi connectivity index (χ3n) is 3.48. The zero-order valence-corrected chi connectivity index (χ0v) is 13.4. The SMILES string of the molecule is CCNC(Cc1ccc(Br)cn1)c1cnn2ccccc12. The van der Waals surface area contributed by atoms with Crippen LogP contribution in [0.2, 0.25) is 0 Å². The lowest BCUT2D eigenvalue weighted by Gasteiger charge is -2.16. The van der Waals surface area contributed by atoms with Crippen LogP contribution in [0.4, 0.5) is 0 Å². The van der Waals surface area contributed by atoms with Gasteiger partial charge in [-0.1, -0.05) is 13.0 Å². The van der Waals surface area contributed by atoms with Crippen molar-refractivity contribution in [2.75, 3.05) is 6.54 Å². The van der Waals surface area contributed by atoms with Crippen molar-refractivity contribution in [3.8, 4) is 0 Å². The van der Waals surface area contributed by atoms with Crippen molar-refractivity contribution in [3.05, 3.63) is 64.7 Å². The highest BCUT2D eigenvalue weighted by Gasteiger charge is 2.16. The number of hydrogen-bond acceptors (Lipinski definition) is 3. The molecule has 0 radical (unpaired) electrons. The summed E-state index contributed by atoms with van der Waals surface area (Å²) >= 11 is 3.42. The number of pyridine rings is 2. The van der Waals surface area contributed by atoms with Gasteiger partial charge in [-0.15, -0.1) is 0 Å². The third-order valence-corrected chi connectivity index (χ3v) is 3.95. The summed E-state index contributed by atoms with van der Waals surface area (Å²) in [5.74, 6) is 0. The van der Waals surface area contributed by atoms with Crippen LogP contribution in [0, 0.1) is 0 Å². The molecule has 0 aliphatic carbocycles. The Morgan fingerprint density at radius 2 is 2.14 bits per heavy atom. The Labute approximate surface area is 132 Å². The monoisotopic (exact) mass is 344 g/mol. The van der Waals surface area contributed by atoms with E-state index >= 15 is 0 Å². The van der Waals surface area contributed by atoms with Crippen molar-refractivity contribution < 1.29 is 0 Å². The van der Waals surface area contributed by atoms with Gasteiger partial charge in [0, 0.05) is 40.6 Å². The van der Waals surface area contributed by atoms with Crippen molar-refractivity contribution in [2.45, 2.75) is 19.4 Å². The predicted octanol–water partition coefficient (Wildman–Crippen LogP) is 3.39. The molecule has 1 atom stereocenters. The van der Waals surface area contributed by atoms with Crippen molar-refractivity contribution >= 4 is 21.4 Å². The maximum Gasteiger partial charge on any atom is 0.0709 e. The highest BCUT2D eigenvalue weighted by Crippen LogP contribution is 2.22. The highest BCUT2D eigenvalue weighted by molar-refractivity contribution is 9.10. The lowest BCUT2D eigenvalue weighted by molar-refractivity contribution is 0.547. The Morgan fingerprint density at radius 3 is 2.90 bits per heavy atom. The summed E-state index contributed by atoms with van der Waals surface area (Å²) < 4.78 is 2.91. The molecule has 0 saturated carbocycles. The summed E-state index contributed by atoms with van der Waals surface area (Å²) in [6.07, 6.45) is 6.60. The molecule has 0 saturated heterocycles. The Hall–Kier alpha value is -1.72. The normalized spacial score (nSPS) is 12.7. The van der Waals surface area contributed by atoms with Gasteiger partial charge < -0.3 is 5.32 Å². The lowest BCUT2D eigenvalue weighted by atomic mass is 10.0. The Morgan fingerprint density at radius 1 is 1.24 bits per heavy atom. The molecule has 0 fully saturated rings. The maximum absolute atomic E-state index is 4.48. The van der Waals surface area contributed by atoms with Crippen molar-refractivity contribution in [3.63, 3.8) is 0 Å². The molecule has 1 unspecified atom stereocenters. The van der Waals surface area contributed by atoms with Crippen LogP contribution in [0.25, 0.3) is 5.52 Å². The van der Waals surface area contributed by atoms with E-state index in [2.05, 4.69) is 50.4 Å². The second-order valence-corrected chi connectivity index (χ2v) is 5.83. The van der Waals surface area contributed by atoms with Gasteiger partial charge in [0.2, 0.25) is 0 Å². The summed E-state index contributed by atoms with van der Waals surface area (Å²) in [6, 6.07) is 10.4. The summed E-state index contributed by atoms with van der Waals surface area (Å²) in [4.78, 5) is 4.48. The van der Waals surface area contributed by atoms with Crippen LogP contribution in [0.15, 0.2) is 53.4 Å². The van der Waals surface area contributed by atoms with E-state index in [4.69, 9.17) is 0 Å². The van der Waals surface area contributed by atoms with E-state index in [1.54, 1.807) is 0 Å². The second kappa shape index (κ2) is 6.37. The number of likely N-dealkylation sites (N-methyl/N-ethyl adjacent to an activating group) is 1. The van der Waals surface area contributed by atoms with E-state index in [1.165, 1.54) is 5.56 Å². The van der Waals surface area contributed by atoms with Gasteiger partial charge in [-0.05, 0) is 46.7 Å². The van der Waals surface area contributed by atoms with Gasteiger partial charge in [-0.25, -0.2) is 4.52 Å². The molecule has 108 valence electrons. The summed E-state index contributed by atoms with van der Waals surface area (Å²) in [5.41, 5.74) is 3.42. The first-order valence-corrected chi connectivity index (χ1v) is 7.83. The van der Waals surface area contributed by atoms with Gasteiger partial charge in [0.25, 0.3) is 0 Å². The fourth-order valence-corrected chi connectivity index (χ4v) is 2.73. The van der Waals surface area contributed by atoms with Crippen molar-refractivity contribution in [1.29, 1.82) is 0 Å². The van der Waals surface area contributed by atoms with E-state index in [-0.39, 0.29) is 6.04 Å². The minimum absolute atomic E-state index is 0.212. The topological polar surface area (TPSA) is 42.2 Å². The molecule has 3 heterocycles. The average Bonchev–Trinajstić information content (AvgIpc) is 2.93. The van der Waals surface area contributed by atoms with Gasteiger partial charge in [0.1, 0.15) is 0 Å². The average molecular weight is 345 g/mol. The number of aromatic nitrogens is 3. The molecule has 3 rings (SSSR count). The van der Waals surface area contributed by atoms with Crippen LogP contribution >= 0.6 is 15.9 Å². The van der Waals surface area contributed by atoms with Gasteiger partial charge >= 0.3 is 0 Å². The van der Waals surface area contributed by atoms with Crippen LogP contribution in [0.1, 0.15) is 24.2 Å². The van der Waals surface area contributed by atoms with E-state index < -0.39 is 0 Å². The molecule has 3 aromatic rings. The second-order valence-electron chi connectivity index (χ2n) is 4.91. The van der Waals surface area contributed by atoms with Crippen LogP contribution in [0.3, 0.4) is 0 Å². The van der Waals surface area contributed by atoms with Crippen molar-refractivity contribution in [1.82, 2.24) is 19.9 Å². The Kier molecular flexibility index (Phi) is 4.31. The molecule has 1 N–H and O–H groups in total. The molecule has 21 heavy (non-hydrogen) atoms. The predicted molar refractivity (Wildman–Crippen MR) is 87.3 cm³/mol. The molecular formula is C16H17BrN4. The highest BCUT2D eigenvalue weighted by atomic mass is 79.9. The van der Waals surface area contributed by atoms with Crippen LogP contribution in [0.5, 0.6) is 0 Å². The number of halogens is 1. The largest absolute Gasteiger partial charge is 0.310 e. The molecule has 3 aromatic heterocycles. The summed E-state index contributed by atoms with van der Waals surface area (Å²) in [5, 5.41) is 7.96. The third kappa shape index (κ3) is 3.14. The van der Waals surface area contributed by atoms with Crippen LogP contribution in [-0.4, -0.2) is 21.1 Å². The molecule has 0 aromatic carbocycles. The van der Waals surface area contributed by atoms with Gasteiger partial charge in [-0.2, -0.15) is 5.10 Å². The lowest BCUT2D eigenvalue weighted by Crippen LogP contribution is -2.23. The molecule has 0 amide bonds. The van der Waals surface area contributed by atoms with E-state index in [0.29, 0.717) is 0 Å². The quantitative estimate of drug-likeness (QED) is 0.771. The van der Waals surface area contributed by atoms with Crippen molar-refractivity contribution in [2.24, 2.45) is 0 Å². The standard InChI is InChI=1S/C16H17BrN4/c1-2-18-15(9-13-7-6-12(17)10-19-13)14-11-20-21-8-4-3-5-16(14)21/h3-8,10-11,15,18H,2,9H2,1H3. The van der Waals surface area contributed by atoms with Gasteiger partial charge in [0.15, 0.2) is 0 Å². The zero-order chi connectivity index (χ0) is 14.7. The Balaban J connectivity index is 1.92. The van der Waals surface area contributed by atoms with Gasteiger partial charge in [-0.3, -0.25) is 4.98 Å². The fourth-order valence-electron chi connectivity index (χ4n) is 2.50. The van der Waals surface area contributed by atoms with E-state index in [0.717, 1.165) is 28.6 Å². The molecule has 5 heteroatoms. The molecule has 0 spiro atoms. The molecule has 0 aliphatic rings. The number of nitrogens with one attached hydrogen (secondary N) is 1. The smallest absolute Gasteiger partial charge is 0.0709 e. The minimum Gasteiger partial charge on any atom is -0.310 e. The molecule has 4 nitrogen and oxygen atoms in total. The first kappa shape index (κ1) is 14.2. The summed E-state index contributed by atoms with van der Waals surface area (Å²) in [7, 11) is 0. The molecule has 0 bridgehead atoms. The fraction of sp³-hybridized carbons (Fsp3) is 0.250. The van der Waals surface area contributed by atoms with Crippen LogP contribution in [-0.2, 0) is 6.42 Å². The first-order chi connectivity index (χ1) is 10.3. The number of rotatable bonds is 5. The van der Waals surface area contributed by atoms with Gasteiger partial charge in [0.05, 0.1) is 11.7 Å². The zero-order valence-electron chi connectivity index (χ0n) is 11.8. The van der Waals surface area contributed by atoms with Crippen LogP contribution < -0.4 is 5.32 Å². The number of hydrogen-bond donors (Lipinski definition) is 1. The number of nitrogens with zero attached hydrogens (tertiary/aromatic N) is 3. The first-order valence-electron chi connectivity index (χ1n) is 7.04. The molecular weight excluding hydrogens is 328 g/mol. The van der Waals surface area contributed by atoms with E-state index in [1.807, 2.05) is 41.3 Å². The maximum atomic E-state index is 4.48. The molecule has 0 aliphatic heterocycles. The summed E-state index contributed by atoms with van der Waals surface area (Å²) in [6.45, 7) is 3.03.